The van der Waals surface area contributed by atoms with Gasteiger partial charge in [-0.15, -0.1) is 0 Å². The monoisotopic (exact) mass is 291 g/mol. The summed E-state index contributed by atoms with van der Waals surface area (Å²) >= 11 is 0. The summed E-state index contributed by atoms with van der Waals surface area (Å²) in [6, 6.07) is 8.69. The normalized spacial score (nSPS) is 14.4. The first-order valence-corrected chi connectivity index (χ1v) is 8.16. The fraction of sp³-hybridized carbons (Fsp3) is 0.647. The number of nitrogens with zero attached hydrogens (tertiary/aromatic N) is 2. The molecule has 0 aliphatic carbocycles. The van der Waals surface area contributed by atoms with Gasteiger partial charge in [-0.3, -0.25) is 0 Å². The highest BCUT2D eigenvalue weighted by Crippen LogP contribution is 2.31. The molecule has 1 N–H and O–H groups in total. The molecule has 0 fully saturated rings. The maximum atomic E-state index is 5.34. The van der Waals surface area contributed by atoms with Gasteiger partial charge in [0.2, 0.25) is 0 Å². The van der Waals surface area contributed by atoms with Crippen LogP contribution in [0.4, 0.5) is 11.4 Å². The minimum Gasteiger partial charge on any atom is -0.382 e. The van der Waals surface area contributed by atoms with Crippen molar-refractivity contribution >= 4 is 11.4 Å². The van der Waals surface area contributed by atoms with E-state index in [4.69, 9.17) is 4.74 Å². The molecule has 0 aromatic heterocycles. The largest absolute Gasteiger partial charge is 0.382 e. The van der Waals surface area contributed by atoms with Crippen LogP contribution in [0.3, 0.4) is 0 Å². The van der Waals surface area contributed by atoms with Crippen molar-refractivity contribution in [3.8, 4) is 0 Å². The van der Waals surface area contributed by atoms with Crippen LogP contribution < -0.4 is 15.1 Å². The van der Waals surface area contributed by atoms with Crippen LogP contribution >= 0.6 is 0 Å². The van der Waals surface area contributed by atoms with E-state index in [1.807, 2.05) is 6.92 Å². The quantitative estimate of drug-likeness (QED) is 0.707. The van der Waals surface area contributed by atoms with Gasteiger partial charge in [0, 0.05) is 46.4 Å². The van der Waals surface area contributed by atoms with E-state index in [9.17, 15) is 0 Å². The van der Waals surface area contributed by atoms with Crippen molar-refractivity contribution in [1.29, 1.82) is 0 Å². The maximum Gasteiger partial charge on any atom is 0.0605 e. The Balaban J connectivity index is 1.66. The van der Waals surface area contributed by atoms with Gasteiger partial charge < -0.3 is 19.9 Å². The van der Waals surface area contributed by atoms with Gasteiger partial charge in [-0.1, -0.05) is 12.1 Å². The van der Waals surface area contributed by atoms with Crippen LogP contribution in [0, 0.1) is 0 Å². The molecule has 1 aromatic rings. The molecule has 2 rings (SSSR count). The predicted octanol–water partition coefficient (Wildman–Crippen LogP) is 2.35. The van der Waals surface area contributed by atoms with E-state index in [-0.39, 0.29) is 0 Å². The van der Waals surface area contributed by atoms with Gasteiger partial charge in [0.25, 0.3) is 0 Å². The minimum atomic E-state index is 0.830. The topological polar surface area (TPSA) is 27.7 Å². The van der Waals surface area contributed by atoms with E-state index in [1.165, 1.54) is 17.8 Å². The SMILES string of the molecule is CCOCCCCNCCN1CCN(C)c2ccccc21. The zero-order chi connectivity index (χ0) is 14.9. The zero-order valence-corrected chi connectivity index (χ0v) is 13.5. The summed E-state index contributed by atoms with van der Waals surface area (Å²) in [5.41, 5.74) is 2.71. The molecule has 1 aliphatic rings. The Morgan fingerprint density at radius 3 is 2.71 bits per heavy atom. The van der Waals surface area contributed by atoms with Crippen molar-refractivity contribution in [3.05, 3.63) is 24.3 Å². The molecule has 1 aliphatic heterocycles. The molecule has 0 atom stereocenters. The molecule has 0 unspecified atom stereocenters. The molecule has 0 saturated heterocycles. The van der Waals surface area contributed by atoms with Crippen molar-refractivity contribution in [1.82, 2.24) is 5.32 Å². The lowest BCUT2D eigenvalue weighted by atomic mass is 10.2. The van der Waals surface area contributed by atoms with Crippen molar-refractivity contribution in [2.75, 3.05) is 62.8 Å². The minimum absolute atomic E-state index is 0.830. The van der Waals surface area contributed by atoms with E-state index in [2.05, 4.69) is 46.4 Å². The fourth-order valence-corrected chi connectivity index (χ4v) is 2.74. The molecule has 1 heterocycles. The molecular weight excluding hydrogens is 262 g/mol. The van der Waals surface area contributed by atoms with Crippen LogP contribution in [0.25, 0.3) is 0 Å². The second-order valence-electron chi connectivity index (χ2n) is 5.55. The summed E-state index contributed by atoms with van der Waals surface area (Å²) in [7, 11) is 2.17. The Bertz CT molecular complexity index is 411. The summed E-state index contributed by atoms with van der Waals surface area (Å²) in [5.74, 6) is 0. The summed E-state index contributed by atoms with van der Waals surface area (Å²) in [4.78, 5) is 4.83. The first-order valence-electron chi connectivity index (χ1n) is 8.16. The highest BCUT2D eigenvalue weighted by atomic mass is 16.5. The average molecular weight is 291 g/mol. The van der Waals surface area contributed by atoms with Crippen molar-refractivity contribution in [2.24, 2.45) is 0 Å². The Labute approximate surface area is 129 Å². The Morgan fingerprint density at radius 1 is 1.10 bits per heavy atom. The lowest BCUT2D eigenvalue weighted by molar-refractivity contribution is 0.143. The Hall–Kier alpha value is -1.26. The predicted molar refractivity (Wildman–Crippen MR) is 90.5 cm³/mol. The molecule has 21 heavy (non-hydrogen) atoms. The van der Waals surface area contributed by atoms with Gasteiger partial charge in [0.1, 0.15) is 0 Å². The number of likely N-dealkylation sites (N-methyl/N-ethyl adjacent to an activating group) is 1. The van der Waals surface area contributed by atoms with Crippen molar-refractivity contribution in [3.63, 3.8) is 0 Å². The molecule has 4 heteroatoms. The summed E-state index contributed by atoms with van der Waals surface area (Å²) < 4.78 is 5.34. The number of para-hydroxylation sites is 2. The number of rotatable bonds is 9. The summed E-state index contributed by atoms with van der Waals surface area (Å²) in [5, 5.41) is 3.54. The van der Waals surface area contributed by atoms with E-state index in [1.54, 1.807) is 0 Å². The number of benzene rings is 1. The summed E-state index contributed by atoms with van der Waals surface area (Å²) in [6.45, 7) is 9.20. The van der Waals surface area contributed by atoms with E-state index in [0.29, 0.717) is 0 Å². The Morgan fingerprint density at radius 2 is 1.90 bits per heavy atom. The van der Waals surface area contributed by atoms with Crippen LogP contribution in [0.5, 0.6) is 0 Å². The molecule has 0 bridgehead atoms. The van der Waals surface area contributed by atoms with Gasteiger partial charge in [0.15, 0.2) is 0 Å². The van der Waals surface area contributed by atoms with Crippen LogP contribution in [-0.4, -0.2) is 53.0 Å². The highest BCUT2D eigenvalue weighted by Gasteiger charge is 2.18. The third-order valence-corrected chi connectivity index (χ3v) is 3.99. The highest BCUT2D eigenvalue weighted by molar-refractivity contribution is 5.73. The fourth-order valence-electron chi connectivity index (χ4n) is 2.74. The van der Waals surface area contributed by atoms with Crippen LogP contribution in [0.2, 0.25) is 0 Å². The molecule has 118 valence electrons. The van der Waals surface area contributed by atoms with Crippen molar-refractivity contribution < 1.29 is 4.74 Å². The van der Waals surface area contributed by atoms with Gasteiger partial charge >= 0.3 is 0 Å². The van der Waals surface area contributed by atoms with E-state index >= 15 is 0 Å². The van der Waals surface area contributed by atoms with Crippen LogP contribution in [0.1, 0.15) is 19.8 Å². The average Bonchev–Trinajstić information content (AvgIpc) is 2.52. The van der Waals surface area contributed by atoms with Crippen LogP contribution in [-0.2, 0) is 4.74 Å². The van der Waals surface area contributed by atoms with E-state index < -0.39 is 0 Å². The molecule has 0 radical (unpaired) electrons. The third kappa shape index (κ3) is 4.90. The molecule has 0 spiro atoms. The molecule has 0 amide bonds. The standard InChI is InChI=1S/C17H29N3O/c1-3-21-15-7-6-10-18-11-12-20-14-13-19(2)16-8-4-5-9-17(16)20/h4-5,8-9,18H,3,6-7,10-15H2,1-2H3. The van der Waals surface area contributed by atoms with E-state index in [0.717, 1.165) is 52.4 Å². The van der Waals surface area contributed by atoms with Gasteiger partial charge in [-0.2, -0.15) is 0 Å². The molecule has 4 nitrogen and oxygen atoms in total. The van der Waals surface area contributed by atoms with Crippen LogP contribution in [0.15, 0.2) is 24.3 Å². The van der Waals surface area contributed by atoms with Crippen molar-refractivity contribution in [2.45, 2.75) is 19.8 Å². The second kappa shape index (κ2) is 8.90. The number of anilines is 2. The zero-order valence-electron chi connectivity index (χ0n) is 13.5. The maximum absolute atomic E-state index is 5.34. The summed E-state index contributed by atoms with van der Waals surface area (Å²) in [6.07, 6.45) is 2.34. The Kier molecular flexibility index (Phi) is 6.83. The number of nitrogens with one attached hydrogen (secondary N) is 1. The number of fused-ring (bicyclic) bond motifs is 1. The molecule has 1 aromatic carbocycles. The lowest BCUT2D eigenvalue weighted by Crippen LogP contribution is -2.42. The van der Waals surface area contributed by atoms with Gasteiger partial charge in [0.05, 0.1) is 11.4 Å². The first kappa shape index (κ1) is 16.1. The number of unbranched alkanes of at least 4 members (excludes halogenated alkanes) is 1. The molecular formula is C17H29N3O. The number of hydrogen-bond acceptors (Lipinski definition) is 4. The van der Waals surface area contributed by atoms with Gasteiger partial charge in [-0.05, 0) is 38.4 Å². The number of ether oxygens (including phenoxy) is 1. The second-order valence-corrected chi connectivity index (χ2v) is 5.55. The smallest absolute Gasteiger partial charge is 0.0605 e. The molecule has 0 saturated carbocycles. The first-order chi connectivity index (χ1) is 10.3. The van der Waals surface area contributed by atoms with Gasteiger partial charge in [-0.25, -0.2) is 0 Å². The third-order valence-electron chi connectivity index (χ3n) is 3.99. The number of hydrogen-bond donors (Lipinski definition) is 1. The lowest BCUT2D eigenvalue weighted by Gasteiger charge is -2.37.